The number of methoxy groups -OCH3 is 2. The van der Waals surface area contributed by atoms with Gasteiger partial charge in [-0.05, 0) is 36.4 Å². The molecule has 3 aromatic heterocycles. The van der Waals surface area contributed by atoms with Crippen LogP contribution < -0.4 is 0 Å². The van der Waals surface area contributed by atoms with Crippen LogP contribution in [0.15, 0.2) is 56.5 Å². The molecule has 0 fully saturated rings. The SMILES string of the molecule is COC(=O)c1ccc(COC(=O)c2cccnc2SCc2ccc(C(=O)OC)o2)o1. The van der Waals surface area contributed by atoms with Crippen molar-refractivity contribution >= 4 is 29.7 Å². The van der Waals surface area contributed by atoms with Gasteiger partial charge in [-0.3, -0.25) is 0 Å². The van der Waals surface area contributed by atoms with E-state index in [-0.39, 0.29) is 23.7 Å². The van der Waals surface area contributed by atoms with Crippen molar-refractivity contribution in [2.45, 2.75) is 17.4 Å². The van der Waals surface area contributed by atoms with Crippen molar-refractivity contribution in [1.29, 1.82) is 0 Å². The zero-order valence-corrected chi connectivity index (χ0v) is 16.9. The molecule has 0 saturated heterocycles. The summed E-state index contributed by atoms with van der Waals surface area (Å²) in [6.07, 6.45) is 1.55. The van der Waals surface area contributed by atoms with Gasteiger partial charge in [0.05, 0.1) is 25.5 Å². The maximum atomic E-state index is 12.5. The number of pyridine rings is 1. The largest absolute Gasteiger partial charge is 0.463 e. The van der Waals surface area contributed by atoms with Crippen LogP contribution >= 0.6 is 11.8 Å². The molecule has 0 unspecified atom stereocenters. The van der Waals surface area contributed by atoms with E-state index >= 15 is 0 Å². The van der Waals surface area contributed by atoms with Crippen molar-refractivity contribution in [3.8, 4) is 0 Å². The number of carbonyl (C=O) groups is 3. The van der Waals surface area contributed by atoms with E-state index in [4.69, 9.17) is 13.6 Å². The number of aromatic nitrogens is 1. The summed E-state index contributed by atoms with van der Waals surface area (Å²) in [6, 6.07) is 9.32. The third-order valence-corrected chi connectivity index (χ3v) is 4.81. The van der Waals surface area contributed by atoms with Crippen molar-refractivity contribution in [3.05, 3.63) is 71.2 Å². The first-order valence-electron chi connectivity index (χ1n) is 8.60. The number of nitrogens with zero attached hydrogens (tertiary/aromatic N) is 1. The molecule has 0 bridgehead atoms. The number of hydrogen-bond donors (Lipinski definition) is 0. The molecule has 0 N–H and O–H groups in total. The molecular formula is C20H17NO8S. The number of carbonyl (C=O) groups excluding carboxylic acids is 3. The fourth-order valence-electron chi connectivity index (χ4n) is 2.35. The number of rotatable bonds is 8. The highest BCUT2D eigenvalue weighted by molar-refractivity contribution is 7.98. The molecule has 0 aromatic carbocycles. The van der Waals surface area contributed by atoms with E-state index in [0.29, 0.717) is 22.3 Å². The van der Waals surface area contributed by atoms with Crippen molar-refractivity contribution in [1.82, 2.24) is 4.98 Å². The van der Waals surface area contributed by atoms with E-state index in [1.54, 1.807) is 24.4 Å². The minimum atomic E-state index is -0.619. The van der Waals surface area contributed by atoms with Crippen molar-refractivity contribution in [2.75, 3.05) is 14.2 Å². The number of hydrogen-bond acceptors (Lipinski definition) is 10. The molecule has 0 aliphatic rings. The Morgan fingerprint density at radius 3 is 2.20 bits per heavy atom. The minimum absolute atomic E-state index is 0.0194. The Hall–Kier alpha value is -3.53. The van der Waals surface area contributed by atoms with Gasteiger partial charge in [0.15, 0.2) is 0 Å². The highest BCUT2D eigenvalue weighted by Crippen LogP contribution is 2.26. The van der Waals surface area contributed by atoms with Gasteiger partial charge in [0, 0.05) is 6.20 Å². The Morgan fingerprint density at radius 1 is 0.900 bits per heavy atom. The molecule has 9 nitrogen and oxygen atoms in total. The van der Waals surface area contributed by atoms with Crippen LogP contribution in [0.3, 0.4) is 0 Å². The fourth-order valence-corrected chi connectivity index (χ4v) is 3.22. The lowest BCUT2D eigenvalue weighted by Crippen LogP contribution is -2.07. The molecule has 3 rings (SSSR count). The molecule has 10 heteroatoms. The third-order valence-electron chi connectivity index (χ3n) is 3.78. The van der Waals surface area contributed by atoms with Crippen LogP contribution in [0.4, 0.5) is 0 Å². The number of esters is 3. The molecule has 3 heterocycles. The van der Waals surface area contributed by atoms with E-state index in [1.165, 1.54) is 44.2 Å². The standard InChI is InChI=1S/C20H17NO8S/c1-25-19(23)15-7-5-12(28-15)10-27-18(22)14-4-3-9-21-17(14)30-11-13-6-8-16(29-13)20(24)26-2/h3-9H,10-11H2,1-2H3. The molecular weight excluding hydrogens is 414 g/mol. The summed E-state index contributed by atoms with van der Waals surface area (Å²) < 4.78 is 25.1. The van der Waals surface area contributed by atoms with Gasteiger partial charge in [0.1, 0.15) is 23.2 Å². The van der Waals surface area contributed by atoms with Gasteiger partial charge in [-0.25, -0.2) is 19.4 Å². The van der Waals surface area contributed by atoms with Gasteiger partial charge >= 0.3 is 17.9 Å². The first-order chi connectivity index (χ1) is 14.5. The van der Waals surface area contributed by atoms with Crippen molar-refractivity contribution in [2.24, 2.45) is 0 Å². The van der Waals surface area contributed by atoms with E-state index in [0.717, 1.165) is 0 Å². The topological polar surface area (TPSA) is 118 Å². The average Bonchev–Trinajstić information content (AvgIpc) is 3.45. The Kier molecular flexibility index (Phi) is 6.91. The van der Waals surface area contributed by atoms with E-state index in [2.05, 4.69) is 14.5 Å². The van der Waals surface area contributed by atoms with E-state index in [9.17, 15) is 14.4 Å². The fraction of sp³-hybridized carbons (Fsp3) is 0.200. The van der Waals surface area contributed by atoms with Gasteiger partial charge in [0.25, 0.3) is 0 Å². The summed E-state index contributed by atoms with van der Waals surface area (Å²) >= 11 is 1.25. The maximum Gasteiger partial charge on any atom is 0.373 e. The Bertz CT molecular complexity index is 1050. The Balaban J connectivity index is 1.62. The van der Waals surface area contributed by atoms with Crippen LogP contribution in [-0.2, 0) is 26.6 Å². The first-order valence-corrected chi connectivity index (χ1v) is 9.59. The highest BCUT2D eigenvalue weighted by Gasteiger charge is 2.18. The zero-order chi connectivity index (χ0) is 21.5. The lowest BCUT2D eigenvalue weighted by atomic mass is 10.3. The molecule has 0 amide bonds. The van der Waals surface area contributed by atoms with Gasteiger partial charge in [-0.15, -0.1) is 0 Å². The molecule has 156 valence electrons. The van der Waals surface area contributed by atoms with E-state index in [1.807, 2.05) is 0 Å². The lowest BCUT2D eigenvalue weighted by Gasteiger charge is -2.07. The lowest BCUT2D eigenvalue weighted by molar-refractivity contribution is 0.0433. The predicted octanol–water partition coefficient (Wildman–Crippen LogP) is 3.49. The summed E-state index contributed by atoms with van der Waals surface area (Å²) in [6.45, 7) is -0.157. The van der Waals surface area contributed by atoms with Crippen LogP contribution in [0.2, 0.25) is 0 Å². The quantitative estimate of drug-likeness (QED) is 0.298. The molecule has 0 radical (unpaired) electrons. The minimum Gasteiger partial charge on any atom is -0.463 e. The second kappa shape index (κ2) is 9.79. The Labute approximate surface area is 175 Å². The molecule has 0 saturated carbocycles. The molecule has 30 heavy (non-hydrogen) atoms. The van der Waals surface area contributed by atoms with E-state index < -0.39 is 17.9 Å². The maximum absolute atomic E-state index is 12.5. The van der Waals surface area contributed by atoms with Crippen molar-refractivity contribution in [3.63, 3.8) is 0 Å². The smallest absolute Gasteiger partial charge is 0.373 e. The number of furan rings is 2. The number of thioether (sulfide) groups is 1. The average molecular weight is 431 g/mol. The molecule has 3 aromatic rings. The van der Waals surface area contributed by atoms with Crippen LogP contribution in [0, 0.1) is 0 Å². The predicted molar refractivity (Wildman–Crippen MR) is 103 cm³/mol. The normalized spacial score (nSPS) is 10.5. The zero-order valence-electron chi connectivity index (χ0n) is 16.1. The molecule has 0 spiro atoms. The van der Waals surface area contributed by atoms with Gasteiger partial charge in [-0.2, -0.15) is 0 Å². The van der Waals surface area contributed by atoms with Crippen LogP contribution in [0.5, 0.6) is 0 Å². The molecule has 0 aliphatic heterocycles. The summed E-state index contributed by atoms with van der Waals surface area (Å²) in [4.78, 5) is 39.6. The summed E-state index contributed by atoms with van der Waals surface area (Å²) in [5.41, 5.74) is 0.266. The molecule has 0 aliphatic carbocycles. The van der Waals surface area contributed by atoms with Gasteiger partial charge < -0.3 is 23.0 Å². The second-order valence-electron chi connectivity index (χ2n) is 5.74. The number of ether oxygens (including phenoxy) is 3. The van der Waals surface area contributed by atoms with Crippen LogP contribution in [0.25, 0.3) is 0 Å². The molecule has 0 atom stereocenters. The summed E-state index contributed by atoms with van der Waals surface area (Å²) in [5, 5.41) is 0.438. The third kappa shape index (κ3) is 5.09. The summed E-state index contributed by atoms with van der Waals surface area (Å²) in [5.74, 6) is -0.507. The Morgan fingerprint density at radius 2 is 1.53 bits per heavy atom. The van der Waals surface area contributed by atoms with Gasteiger partial charge in [0.2, 0.25) is 11.5 Å². The first kappa shape index (κ1) is 21.2. The monoisotopic (exact) mass is 431 g/mol. The summed E-state index contributed by atoms with van der Waals surface area (Å²) in [7, 11) is 2.51. The van der Waals surface area contributed by atoms with Crippen LogP contribution in [-0.4, -0.2) is 37.1 Å². The van der Waals surface area contributed by atoms with Crippen LogP contribution in [0.1, 0.15) is 43.0 Å². The van der Waals surface area contributed by atoms with Gasteiger partial charge in [-0.1, -0.05) is 11.8 Å². The highest BCUT2D eigenvalue weighted by atomic mass is 32.2. The second-order valence-corrected chi connectivity index (χ2v) is 6.70. The van der Waals surface area contributed by atoms with Crippen molar-refractivity contribution < 1.29 is 37.4 Å².